The van der Waals surface area contributed by atoms with Crippen molar-refractivity contribution in [2.45, 2.75) is 25.4 Å². The van der Waals surface area contributed by atoms with Crippen LogP contribution in [0.3, 0.4) is 0 Å². The maximum absolute atomic E-state index is 11.4. The van der Waals surface area contributed by atoms with Gasteiger partial charge in [-0.25, -0.2) is 4.79 Å². The van der Waals surface area contributed by atoms with Gasteiger partial charge in [0, 0.05) is 13.1 Å². The number of hydrogen-bond donors (Lipinski definition) is 0. The van der Waals surface area contributed by atoms with E-state index in [1.807, 2.05) is 0 Å². The van der Waals surface area contributed by atoms with Crippen LogP contribution in [-0.4, -0.2) is 36.3 Å². The summed E-state index contributed by atoms with van der Waals surface area (Å²) in [5.74, 6) is 0.443. The number of hydrogen-bond acceptors (Lipinski definition) is 3. The van der Waals surface area contributed by atoms with Crippen molar-refractivity contribution in [3.63, 3.8) is 0 Å². The second-order valence-corrected chi connectivity index (χ2v) is 4.03. The third-order valence-electron chi connectivity index (χ3n) is 2.75. The third kappa shape index (κ3) is 1.90. The molecule has 1 spiro atoms. The lowest BCUT2D eigenvalue weighted by Crippen LogP contribution is -2.41. The van der Waals surface area contributed by atoms with Gasteiger partial charge in [0.25, 0.3) is 0 Å². The van der Waals surface area contributed by atoms with Gasteiger partial charge in [-0.15, -0.1) is 0 Å². The predicted molar refractivity (Wildman–Crippen MR) is 50.8 cm³/mol. The zero-order chi connectivity index (χ0) is 10.2. The Balaban J connectivity index is 1.82. The smallest absolute Gasteiger partial charge is 0.414 e. The molecular weight excluding hydrogens is 182 g/mol. The van der Waals surface area contributed by atoms with Gasteiger partial charge in [0.15, 0.2) is 0 Å². The molecule has 2 fully saturated rings. The van der Waals surface area contributed by atoms with Crippen molar-refractivity contribution < 1.29 is 14.3 Å². The van der Waals surface area contributed by atoms with Gasteiger partial charge in [0.1, 0.15) is 0 Å². The molecule has 4 nitrogen and oxygen atoms in total. The number of piperidine rings is 1. The summed E-state index contributed by atoms with van der Waals surface area (Å²) in [6, 6.07) is 0. The minimum absolute atomic E-state index is 0.111. The van der Waals surface area contributed by atoms with Crippen molar-refractivity contribution in [1.82, 2.24) is 4.90 Å². The lowest BCUT2D eigenvalue weighted by Gasteiger charge is -2.29. The predicted octanol–water partition coefficient (Wildman–Crippen LogP) is 1.52. The Morgan fingerprint density at radius 1 is 1.50 bits per heavy atom. The van der Waals surface area contributed by atoms with E-state index < -0.39 is 0 Å². The SMILES string of the molecule is C=C(C)OC(=O)N1CCC2(CC1)CO2. The van der Waals surface area contributed by atoms with E-state index in [-0.39, 0.29) is 11.7 Å². The highest BCUT2D eigenvalue weighted by atomic mass is 16.6. The summed E-state index contributed by atoms with van der Waals surface area (Å²) in [4.78, 5) is 13.2. The normalized spacial score (nSPS) is 23.4. The number of nitrogens with zero attached hydrogens (tertiary/aromatic N) is 1. The van der Waals surface area contributed by atoms with Gasteiger partial charge in [0.2, 0.25) is 0 Å². The minimum Gasteiger partial charge on any atom is -0.416 e. The molecule has 4 heteroatoms. The molecule has 0 aromatic heterocycles. The zero-order valence-corrected chi connectivity index (χ0v) is 8.41. The van der Waals surface area contributed by atoms with E-state index >= 15 is 0 Å². The Morgan fingerprint density at radius 3 is 2.50 bits per heavy atom. The van der Waals surface area contributed by atoms with Gasteiger partial charge in [-0.2, -0.15) is 0 Å². The summed E-state index contributed by atoms with van der Waals surface area (Å²) in [6.07, 6.45) is 1.57. The second kappa shape index (κ2) is 3.28. The van der Waals surface area contributed by atoms with Crippen LogP contribution in [0.15, 0.2) is 12.3 Å². The number of amides is 1. The van der Waals surface area contributed by atoms with Gasteiger partial charge >= 0.3 is 6.09 Å². The van der Waals surface area contributed by atoms with Crippen molar-refractivity contribution in [2.75, 3.05) is 19.7 Å². The van der Waals surface area contributed by atoms with Gasteiger partial charge < -0.3 is 14.4 Å². The highest BCUT2D eigenvalue weighted by Crippen LogP contribution is 2.37. The van der Waals surface area contributed by atoms with Crippen LogP contribution < -0.4 is 0 Å². The number of carbonyl (C=O) groups excluding carboxylic acids is 1. The molecule has 2 aliphatic heterocycles. The zero-order valence-electron chi connectivity index (χ0n) is 8.41. The van der Waals surface area contributed by atoms with E-state index in [1.165, 1.54) is 0 Å². The largest absolute Gasteiger partial charge is 0.416 e. The quantitative estimate of drug-likeness (QED) is 0.473. The summed E-state index contributed by atoms with van der Waals surface area (Å²) >= 11 is 0. The number of allylic oxidation sites excluding steroid dienone is 1. The third-order valence-corrected chi connectivity index (χ3v) is 2.75. The Bertz CT molecular complexity index is 261. The standard InChI is InChI=1S/C10H15NO3/c1-8(2)14-9(12)11-5-3-10(4-6-11)7-13-10/h1,3-7H2,2H3. The molecule has 0 atom stereocenters. The molecule has 0 radical (unpaired) electrons. The number of epoxide rings is 1. The molecule has 0 aromatic rings. The van der Waals surface area contributed by atoms with Crippen LogP contribution in [0.4, 0.5) is 4.79 Å². The average molecular weight is 197 g/mol. The molecule has 0 saturated carbocycles. The lowest BCUT2D eigenvalue weighted by molar-refractivity contribution is 0.102. The highest BCUT2D eigenvalue weighted by Gasteiger charge is 2.47. The molecule has 0 N–H and O–H groups in total. The number of likely N-dealkylation sites (tertiary alicyclic amines) is 1. The molecule has 2 saturated heterocycles. The Hall–Kier alpha value is -1.03. The second-order valence-electron chi connectivity index (χ2n) is 4.03. The van der Waals surface area contributed by atoms with E-state index in [2.05, 4.69) is 6.58 Å². The molecular formula is C10H15NO3. The first-order valence-electron chi connectivity index (χ1n) is 4.88. The van der Waals surface area contributed by atoms with Crippen molar-refractivity contribution in [1.29, 1.82) is 0 Å². The van der Waals surface area contributed by atoms with Crippen LogP contribution >= 0.6 is 0 Å². The monoisotopic (exact) mass is 197 g/mol. The van der Waals surface area contributed by atoms with Crippen molar-refractivity contribution in [3.8, 4) is 0 Å². The number of rotatable bonds is 1. The fourth-order valence-electron chi connectivity index (χ4n) is 1.70. The lowest BCUT2D eigenvalue weighted by atomic mass is 9.98. The number of ether oxygens (including phenoxy) is 2. The fraction of sp³-hybridized carbons (Fsp3) is 0.700. The van der Waals surface area contributed by atoms with Crippen molar-refractivity contribution >= 4 is 6.09 Å². The summed E-state index contributed by atoms with van der Waals surface area (Å²) in [6.45, 7) is 7.52. The molecule has 0 aliphatic carbocycles. The van der Waals surface area contributed by atoms with Gasteiger partial charge in [-0.3, -0.25) is 0 Å². The van der Waals surface area contributed by atoms with E-state index in [1.54, 1.807) is 11.8 Å². The molecule has 0 bridgehead atoms. The van der Waals surface area contributed by atoms with Crippen LogP contribution in [-0.2, 0) is 9.47 Å². The highest BCUT2D eigenvalue weighted by molar-refractivity contribution is 5.68. The van der Waals surface area contributed by atoms with Crippen LogP contribution in [0.5, 0.6) is 0 Å². The maximum atomic E-state index is 11.4. The molecule has 0 aromatic carbocycles. The molecule has 2 aliphatic rings. The van der Waals surface area contributed by atoms with Crippen molar-refractivity contribution in [2.24, 2.45) is 0 Å². The minimum atomic E-state index is -0.284. The molecule has 1 amide bonds. The summed E-state index contributed by atoms with van der Waals surface area (Å²) < 4.78 is 10.3. The molecule has 2 heterocycles. The molecule has 0 unspecified atom stereocenters. The summed E-state index contributed by atoms with van der Waals surface area (Å²) in [7, 11) is 0. The van der Waals surface area contributed by atoms with Gasteiger partial charge in [0.05, 0.1) is 18.0 Å². The van der Waals surface area contributed by atoms with E-state index in [9.17, 15) is 4.79 Å². The fourth-order valence-corrected chi connectivity index (χ4v) is 1.70. The first-order chi connectivity index (χ1) is 6.61. The van der Waals surface area contributed by atoms with E-state index in [4.69, 9.17) is 9.47 Å². The van der Waals surface area contributed by atoms with E-state index in [0.29, 0.717) is 5.76 Å². The maximum Gasteiger partial charge on any atom is 0.414 e. The van der Waals surface area contributed by atoms with Crippen molar-refractivity contribution in [3.05, 3.63) is 12.3 Å². The van der Waals surface area contributed by atoms with Crippen LogP contribution in [0.25, 0.3) is 0 Å². The summed E-state index contributed by atoms with van der Waals surface area (Å²) in [5.41, 5.74) is 0.111. The first-order valence-corrected chi connectivity index (χ1v) is 4.88. The molecule has 78 valence electrons. The van der Waals surface area contributed by atoms with E-state index in [0.717, 1.165) is 32.5 Å². The van der Waals surface area contributed by atoms with Crippen LogP contribution in [0.2, 0.25) is 0 Å². The van der Waals surface area contributed by atoms with Gasteiger partial charge in [-0.1, -0.05) is 6.58 Å². The Kier molecular flexibility index (Phi) is 2.23. The van der Waals surface area contributed by atoms with Crippen LogP contribution in [0.1, 0.15) is 19.8 Å². The molecule has 14 heavy (non-hydrogen) atoms. The Labute approximate surface area is 83.5 Å². The average Bonchev–Trinajstić information content (AvgIpc) is 2.85. The topological polar surface area (TPSA) is 42.1 Å². The Morgan fingerprint density at radius 2 is 2.07 bits per heavy atom. The number of carbonyl (C=O) groups is 1. The summed E-state index contributed by atoms with van der Waals surface area (Å²) in [5, 5.41) is 0. The molecule has 2 rings (SSSR count). The van der Waals surface area contributed by atoms with Gasteiger partial charge in [-0.05, 0) is 19.8 Å². The first kappa shape index (κ1) is 9.52. The van der Waals surface area contributed by atoms with Crippen LogP contribution in [0, 0.1) is 0 Å².